The number of rotatable bonds is 6. The Morgan fingerprint density at radius 2 is 1.70 bits per heavy atom. The highest BCUT2D eigenvalue weighted by Crippen LogP contribution is 2.35. The van der Waals surface area contributed by atoms with Crippen molar-refractivity contribution in [3.63, 3.8) is 0 Å². The van der Waals surface area contributed by atoms with Crippen LogP contribution in [0, 0.1) is 0 Å². The van der Waals surface area contributed by atoms with Gasteiger partial charge in [0.15, 0.2) is 11.5 Å². The lowest BCUT2D eigenvalue weighted by atomic mass is 10.0. The monoisotopic (exact) mass is 407 g/mol. The molecule has 0 radical (unpaired) electrons. The molecule has 30 heavy (non-hydrogen) atoms. The molecule has 0 bridgehead atoms. The van der Waals surface area contributed by atoms with Crippen molar-refractivity contribution in [3.05, 3.63) is 69.6 Å². The van der Waals surface area contributed by atoms with E-state index in [0.29, 0.717) is 36.8 Å². The van der Waals surface area contributed by atoms with Crippen LogP contribution in [0.1, 0.15) is 16.8 Å². The lowest BCUT2D eigenvalue weighted by molar-refractivity contribution is 0.237. The van der Waals surface area contributed by atoms with Crippen LogP contribution in [0.2, 0.25) is 0 Å². The van der Waals surface area contributed by atoms with Gasteiger partial charge in [0, 0.05) is 43.2 Å². The highest BCUT2D eigenvalue weighted by atomic mass is 16.5. The molecule has 1 aliphatic heterocycles. The standard InChI is InChI=1S/C23H25N3O4/c1-28-19-12-21(30-3)20(29-2)11-16(19)13-26-10-9-18-17(14-26)23(27)25-22(24-18)15-7-5-4-6-8-15/h4-8,11-12H,9-10,13-14H2,1-3H3,(H,24,25,27). The molecule has 0 amide bonds. The number of hydrogen-bond donors (Lipinski definition) is 1. The van der Waals surface area contributed by atoms with Gasteiger partial charge in [-0.15, -0.1) is 0 Å². The Labute approximate surface area is 175 Å². The van der Waals surface area contributed by atoms with Crippen LogP contribution in [0.15, 0.2) is 47.3 Å². The van der Waals surface area contributed by atoms with Crippen LogP contribution in [0.3, 0.4) is 0 Å². The Morgan fingerprint density at radius 3 is 2.40 bits per heavy atom. The number of fused-ring (bicyclic) bond motifs is 1. The number of benzene rings is 2. The molecule has 1 N–H and O–H groups in total. The second-order valence-electron chi connectivity index (χ2n) is 7.19. The van der Waals surface area contributed by atoms with E-state index in [1.807, 2.05) is 42.5 Å². The zero-order valence-electron chi connectivity index (χ0n) is 17.4. The first kappa shape index (κ1) is 20.0. The maximum atomic E-state index is 12.8. The molecule has 1 aliphatic rings. The zero-order chi connectivity index (χ0) is 21.1. The van der Waals surface area contributed by atoms with Gasteiger partial charge in [-0.3, -0.25) is 9.69 Å². The van der Waals surface area contributed by atoms with Crippen molar-refractivity contribution in [2.75, 3.05) is 27.9 Å². The first-order valence-electron chi connectivity index (χ1n) is 9.81. The fraction of sp³-hybridized carbons (Fsp3) is 0.304. The molecule has 0 spiro atoms. The molecule has 7 heteroatoms. The maximum Gasteiger partial charge on any atom is 0.255 e. The van der Waals surface area contributed by atoms with Crippen molar-refractivity contribution >= 4 is 0 Å². The van der Waals surface area contributed by atoms with Gasteiger partial charge in [-0.2, -0.15) is 0 Å². The molecule has 0 saturated carbocycles. The van der Waals surface area contributed by atoms with E-state index in [0.717, 1.165) is 34.7 Å². The van der Waals surface area contributed by atoms with Gasteiger partial charge in [0.05, 0.1) is 32.6 Å². The smallest absolute Gasteiger partial charge is 0.255 e. The summed E-state index contributed by atoms with van der Waals surface area (Å²) in [4.78, 5) is 22.7. The van der Waals surface area contributed by atoms with Crippen LogP contribution in [-0.2, 0) is 19.5 Å². The fourth-order valence-corrected chi connectivity index (χ4v) is 3.81. The second-order valence-corrected chi connectivity index (χ2v) is 7.19. The van der Waals surface area contributed by atoms with Crippen LogP contribution in [0.4, 0.5) is 0 Å². The number of methoxy groups -OCH3 is 3. The van der Waals surface area contributed by atoms with E-state index in [1.165, 1.54) is 0 Å². The average molecular weight is 407 g/mol. The number of hydrogen-bond acceptors (Lipinski definition) is 6. The van der Waals surface area contributed by atoms with E-state index < -0.39 is 0 Å². The molecule has 0 aliphatic carbocycles. The minimum Gasteiger partial charge on any atom is -0.496 e. The number of aromatic nitrogens is 2. The van der Waals surface area contributed by atoms with Crippen molar-refractivity contribution in [3.8, 4) is 28.6 Å². The number of aromatic amines is 1. The van der Waals surface area contributed by atoms with Gasteiger partial charge in [0.2, 0.25) is 0 Å². The Morgan fingerprint density at radius 1 is 1.00 bits per heavy atom. The van der Waals surface area contributed by atoms with Gasteiger partial charge in [-0.1, -0.05) is 30.3 Å². The Hall–Kier alpha value is -3.32. The second kappa shape index (κ2) is 8.59. The highest BCUT2D eigenvalue weighted by molar-refractivity contribution is 5.55. The topological polar surface area (TPSA) is 76.7 Å². The molecule has 0 atom stereocenters. The van der Waals surface area contributed by atoms with Crippen LogP contribution < -0.4 is 19.8 Å². The predicted octanol–water partition coefficient (Wildman–Crippen LogP) is 3.02. The third-order valence-corrected chi connectivity index (χ3v) is 5.38. The molecule has 0 saturated heterocycles. The Balaban J connectivity index is 1.59. The highest BCUT2D eigenvalue weighted by Gasteiger charge is 2.23. The fourth-order valence-electron chi connectivity index (χ4n) is 3.81. The number of H-pyrrole nitrogens is 1. The third-order valence-electron chi connectivity index (χ3n) is 5.38. The lowest BCUT2D eigenvalue weighted by Gasteiger charge is -2.28. The average Bonchev–Trinajstić information content (AvgIpc) is 2.79. The van der Waals surface area contributed by atoms with Gasteiger partial charge in [-0.05, 0) is 6.07 Å². The summed E-state index contributed by atoms with van der Waals surface area (Å²) >= 11 is 0. The van der Waals surface area contributed by atoms with E-state index in [1.54, 1.807) is 21.3 Å². The molecule has 7 nitrogen and oxygen atoms in total. The largest absolute Gasteiger partial charge is 0.496 e. The summed E-state index contributed by atoms with van der Waals surface area (Å²) in [6, 6.07) is 13.5. The summed E-state index contributed by atoms with van der Waals surface area (Å²) in [5.74, 6) is 2.62. The third kappa shape index (κ3) is 3.89. The first-order valence-corrected chi connectivity index (χ1v) is 9.81. The molecule has 1 aromatic heterocycles. The van der Waals surface area contributed by atoms with Crippen molar-refractivity contribution in [2.24, 2.45) is 0 Å². The normalized spacial score (nSPS) is 13.6. The summed E-state index contributed by atoms with van der Waals surface area (Å²) < 4.78 is 16.3. The van der Waals surface area contributed by atoms with E-state index in [-0.39, 0.29) is 5.56 Å². The van der Waals surface area contributed by atoms with Crippen LogP contribution >= 0.6 is 0 Å². The summed E-state index contributed by atoms with van der Waals surface area (Å²) in [6.45, 7) is 1.96. The van der Waals surface area contributed by atoms with E-state index in [4.69, 9.17) is 19.2 Å². The zero-order valence-corrected chi connectivity index (χ0v) is 17.4. The van der Waals surface area contributed by atoms with Gasteiger partial charge < -0.3 is 19.2 Å². The van der Waals surface area contributed by atoms with Gasteiger partial charge in [0.25, 0.3) is 5.56 Å². The summed E-state index contributed by atoms with van der Waals surface area (Å²) in [5, 5.41) is 0. The Kier molecular flexibility index (Phi) is 5.72. The first-order chi connectivity index (χ1) is 14.6. The van der Waals surface area contributed by atoms with Gasteiger partial charge in [-0.25, -0.2) is 4.98 Å². The lowest BCUT2D eigenvalue weighted by Crippen LogP contribution is -2.35. The summed E-state index contributed by atoms with van der Waals surface area (Å²) in [5.41, 5.74) is 3.40. The summed E-state index contributed by atoms with van der Waals surface area (Å²) in [6.07, 6.45) is 0.717. The number of ether oxygens (including phenoxy) is 3. The minimum atomic E-state index is -0.0807. The number of nitrogens with one attached hydrogen (secondary N) is 1. The SMILES string of the molecule is COc1cc(OC)c(OC)cc1CN1CCc2nc(-c3ccccc3)[nH]c(=O)c2C1. The van der Waals surface area contributed by atoms with E-state index >= 15 is 0 Å². The molecular weight excluding hydrogens is 382 g/mol. The summed E-state index contributed by atoms with van der Waals surface area (Å²) in [7, 11) is 4.85. The van der Waals surface area contributed by atoms with Crippen LogP contribution in [0.25, 0.3) is 11.4 Å². The minimum absolute atomic E-state index is 0.0807. The molecule has 0 fully saturated rings. The molecular formula is C23H25N3O4. The van der Waals surface area contributed by atoms with Crippen molar-refractivity contribution < 1.29 is 14.2 Å². The molecule has 156 valence electrons. The quantitative estimate of drug-likeness (QED) is 0.677. The van der Waals surface area contributed by atoms with Gasteiger partial charge >= 0.3 is 0 Å². The molecule has 0 unspecified atom stereocenters. The number of nitrogens with zero attached hydrogens (tertiary/aromatic N) is 2. The Bertz CT molecular complexity index is 1100. The van der Waals surface area contributed by atoms with Crippen molar-refractivity contribution in [2.45, 2.75) is 19.5 Å². The molecule has 2 aromatic carbocycles. The van der Waals surface area contributed by atoms with Crippen LogP contribution in [0.5, 0.6) is 17.2 Å². The van der Waals surface area contributed by atoms with Crippen molar-refractivity contribution in [1.29, 1.82) is 0 Å². The molecule has 2 heterocycles. The molecule has 4 rings (SSSR count). The maximum absolute atomic E-state index is 12.8. The van der Waals surface area contributed by atoms with E-state index in [9.17, 15) is 4.79 Å². The van der Waals surface area contributed by atoms with Crippen molar-refractivity contribution in [1.82, 2.24) is 14.9 Å². The predicted molar refractivity (Wildman–Crippen MR) is 114 cm³/mol. The van der Waals surface area contributed by atoms with Gasteiger partial charge in [0.1, 0.15) is 11.6 Å². The molecule has 3 aromatic rings. The van der Waals surface area contributed by atoms with Crippen LogP contribution in [-0.4, -0.2) is 42.7 Å². The van der Waals surface area contributed by atoms with E-state index in [2.05, 4.69) is 9.88 Å².